The molecule has 3 heterocycles. The van der Waals surface area contributed by atoms with Gasteiger partial charge in [0.15, 0.2) is 11.6 Å². The number of tetrazole rings is 1. The van der Waals surface area contributed by atoms with Crippen molar-refractivity contribution < 1.29 is 9.21 Å². The molecule has 0 radical (unpaired) electrons. The molecule has 0 aliphatic heterocycles. The summed E-state index contributed by atoms with van der Waals surface area (Å²) in [6.07, 6.45) is -0.107. The van der Waals surface area contributed by atoms with E-state index in [1.54, 1.807) is 6.07 Å². The number of rotatable bonds is 4. The van der Waals surface area contributed by atoms with E-state index in [2.05, 4.69) is 25.6 Å². The molecule has 9 heteroatoms. The number of hydrogen-bond donors (Lipinski definition) is 2. The zero-order chi connectivity index (χ0) is 19.1. The van der Waals surface area contributed by atoms with Crippen LogP contribution in [0.15, 0.2) is 33.5 Å². The van der Waals surface area contributed by atoms with Gasteiger partial charge in [0.1, 0.15) is 11.4 Å². The number of nitrogens with two attached hydrogens (primary N) is 1. The van der Waals surface area contributed by atoms with Crippen LogP contribution in [0.3, 0.4) is 0 Å². The summed E-state index contributed by atoms with van der Waals surface area (Å²) < 4.78 is 5.74. The highest BCUT2D eigenvalue weighted by Gasteiger charge is 2.18. The summed E-state index contributed by atoms with van der Waals surface area (Å²) in [5.41, 5.74) is 7.33. The van der Waals surface area contributed by atoms with Crippen LogP contribution in [0.5, 0.6) is 0 Å². The van der Waals surface area contributed by atoms with Crippen LogP contribution in [-0.2, 0) is 6.42 Å². The van der Waals surface area contributed by atoms with Gasteiger partial charge in [-0.05, 0) is 29.7 Å². The average Bonchev–Trinajstić information content (AvgIpc) is 3.14. The van der Waals surface area contributed by atoms with Crippen LogP contribution in [0.4, 0.5) is 5.82 Å². The standard InChI is InChI=1S/C18H16N6O3/c1-8(2)9-3-4-14-11(5-9)16(26)12-6-10(17(19)20-18(12)27-14)13(25)7-15-21-23-24-22-15/h3-6,8H,7H2,1-2H3,(H2,19,20)(H,21,22,23,24). The number of fused-ring (bicyclic) bond motifs is 2. The molecule has 0 bridgehead atoms. The number of hydrogen-bond acceptors (Lipinski definition) is 8. The summed E-state index contributed by atoms with van der Waals surface area (Å²) >= 11 is 0. The number of aromatic nitrogens is 5. The fourth-order valence-electron chi connectivity index (χ4n) is 2.89. The number of ketones is 1. The summed E-state index contributed by atoms with van der Waals surface area (Å²) in [5.74, 6) is 0.115. The summed E-state index contributed by atoms with van der Waals surface area (Å²) in [4.78, 5) is 29.6. The first kappa shape index (κ1) is 16.8. The third kappa shape index (κ3) is 2.92. The minimum absolute atomic E-state index is 0.0164. The molecule has 0 saturated carbocycles. The van der Waals surface area contributed by atoms with E-state index in [0.717, 1.165) is 5.56 Å². The number of carbonyl (C=O) groups excluding carboxylic acids is 1. The average molecular weight is 364 g/mol. The van der Waals surface area contributed by atoms with Crippen molar-refractivity contribution in [2.75, 3.05) is 5.73 Å². The summed E-state index contributed by atoms with van der Waals surface area (Å²) in [7, 11) is 0. The Hall–Kier alpha value is -3.62. The van der Waals surface area contributed by atoms with Crippen LogP contribution in [0.25, 0.3) is 22.1 Å². The van der Waals surface area contributed by atoms with Crippen molar-refractivity contribution in [2.24, 2.45) is 0 Å². The number of carbonyl (C=O) groups is 1. The van der Waals surface area contributed by atoms with Gasteiger partial charge >= 0.3 is 0 Å². The van der Waals surface area contributed by atoms with Gasteiger partial charge in [-0.25, -0.2) is 0 Å². The second kappa shape index (κ2) is 6.27. The molecule has 4 aromatic rings. The molecule has 0 amide bonds. The minimum Gasteiger partial charge on any atom is -0.437 e. The molecular formula is C18H16N6O3. The number of aromatic amines is 1. The lowest BCUT2D eigenvalue weighted by molar-refractivity contribution is 0.0991. The van der Waals surface area contributed by atoms with E-state index in [0.29, 0.717) is 11.0 Å². The van der Waals surface area contributed by atoms with Crippen molar-refractivity contribution in [3.63, 3.8) is 0 Å². The lowest BCUT2D eigenvalue weighted by Gasteiger charge is -2.08. The van der Waals surface area contributed by atoms with Gasteiger partial charge in [-0.2, -0.15) is 10.2 Å². The quantitative estimate of drug-likeness (QED) is 0.414. The molecule has 27 heavy (non-hydrogen) atoms. The molecule has 3 aromatic heterocycles. The highest BCUT2D eigenvalue weighted by molar-refractivity contribution is 6.04. The molecule has 0 aliphatic carbocycles. The monoisotopic (exact) mass is 364 g/mol. The molecule has 3 N–H and O–H groups in total. The maximum atomic E-state index is 13.0. The number of Topliss-reactive ketones (excluding diaryl/α,β-unsaturated/α-hetero) is 1. The van der Waals surface area contributed by atoms with Gasteiger partial charge in [-0.15, -0.1) is 10.2 Å². The lowest BCUT2D eigenvalue weighted by Crippen LogP contribution is -2.12. The Bertz CT molecular complexity index is 1230. The Morgan fingerprint density at radius 1 is 1.26 bits per heavy atom. The maximum Gasteiger partial charge on any atom is 0.232 e. The van der Waals surface area contributed by atoms with E-state index in [9.17, 15) is 9.59 Å². The third-order valence-corrected chi connectivity index (χ3v) is 4.39. The molecule has 0 fully saturated rings. The predicted octanol–water partition coefficient (Wildman–Crippen LogP) is 1.99. The first-order chi connectivity index (χ1) is 12.9. The predicted molar refractivity (Wildman–Crippen MR) is 98.5 cm³/mol. The molecule has 1 aromatic carbocycles. The van der Waals surface area contributed by atoms with Crippen LogP contribution in [-0.4, -0.2) is 31.4 Å². The molecule has 0 aliphatic rings. The Kier molecular flexibility index (Phi) is 3.91. The first-order valence-corrected chi connectivity index (χ1v) is 8.36. The van der Waals surface area contributed by atoms with E-state index in [-0.39, 0.29) is 51.9 Å². The Morgan fingerprint density at radius 2 is 2.07 bits per heavy atom. The molecule has 136 valence electrons. The molecule has 0 saturated heterocycles. The largest absolute Gasteiger partial charge is 0.437 e. The summed E-state index contributed by atoms with van der Waals surface area (Å²) in [6.45, 7) is 4.08. The molecule has 0 spiro atoms. The van der Waals surface area contributed by atoms with E-state index < -0.39 is 0 Å². The fourth-order valence-corrected chi connectivity index (χ4v) is 2.89. The Morgan fingerprint density at radius 3 is 2.78 bits per heavy atom. The maximum absolute atomic E-state index is 13.0. The fraction of sp³-hybridized carbons (Fsp3) is 0.222. The molecule has 0 atom stereocenters. The SMILES string of the molecule is CC(C)c1ccc2oc3nc(N)c(C(=O)Cc4nn[nH]n4)cc3c(=O)c2c1. The van der Waals surface area contributed by atoms with Crippen LogP contribution in [0.2, 0.25) is 0 Å². The van der Waals surface area contributed by atoms with Crippen molar-refractivity contribution in [1.29, 1.82) is 0 Å². The van der Waals surface area contributed by atoms with Crippen molar-refractivity contribution >= 4 is 33.7 Å². The summed E-state index contributed by atoms with van der Waals surface area (Å²) in [6, 6.07) is 6.89. The zero-order valence-corrected chi connectivity index (χ0v) is 14.7. The second-order valence-corrected chi connectivity index (χ2v) is 6.54. The number of H-pyrrole nitrogens is 1. The van der Waals surface area contributed by atoms with Gasteiger partial charge in [-0.3, -0.25) is 9.59 Å². The smallest absolute Gasteiger partial charge is 0.232 e. The van der Waals surface area contributed by atoms with E-state index in [4.69, 9.17) is 10.2 Å². The first-order valence-electron chi connectivity index (χ1n) is 8.36. The number of nitrogens with zero attached hydrogens (tertiary/aromatic N) is 4. The van der Waals surface area contributed by atoms with Crippen LogP contribution >= 0.6 is 0 Å². The van der Waals surface area contributed by atoms with Crippen molar-refractivity contribution in [3.05, 3.63) is 51.4 Å². The van der Waals surface area contributed by atoms with Gasteiger partial charge in [0, 0.05) is 0 Å². The van der Waals surface area contributed by atoms with E-state index >= 15 is 0 Å². The van der Waals surface area contributed by atoms with Gasteiger partial charge < -0.3 is 10.2 Å². The molecule has 9 nitrogen and oxygen atoms in total. The Balaban J connectivity index is 1.89. The molecule has 4 rings (SSSR count). The van der Waals surface area contributed by atoms with E-state index in [1.807, 2.05) is 26.0 Å². The number of nitrogens with one attached hydrogen (secondary N) is 1. The van der Waals surface area contributed by atoms with Gasteiger partial charge in [0.25, 0.3) is 0 Å². The number of anilines is 1. The van der Waals surface area contributed by atoms with Gasteiger partial charge in [0.2, 0.25) is 11.1 Å². The normalized spacial score (nSPS) is 11.5. The second-order valence-electron chi connectivity index (χ2n) is 6.54. The number of benzene rings is 1. The van der Waals surface area contributed by atoms with E-state index in [1.165, 1.54) is 6.07 Å². The van der Waals surface area contributed by atoms with Crippen LogP contribution in [0.1, 0.15) is 41.5 Å². The highest BCUT2D eigenvalue weighted by Crippen LogP contribution is 2.24. The van der Waals surface area contributed by atoms with Crippen LogP contribution in [0, 0.1) is 0 Å². The lowest BCUT2D eigenvalue weighted by atomic mass is 10.0. The number of nitrogen functional groups attached to an aromatic ring is 1. The van der Waals surface area contributed by atoms with Crippen molar-refractivity contribution in [1.82, 2.24) is 25.6 Å². The van der Waals surface area contributed by atoms with Crippen molar-refractivity contribution in [3.8, 4) is 0 Å². The molecule has 0 unspecified atom stereocenters. The zero-order valence-electron chi connectivity index (χ0n) is 14.7. The Labute approximate surface area is 152 Å². The van der Waals surface area contributed by atoms with Gasteiger partial charge in [-0.1, -0.05) is 25.1 Å². The van der Waals surface area contributed by atoms with Gasteiger partial charge in [0.05, 0.1) is 22.8 Å². The third-order valence-electron chi connectivity index (χ3n) is 4.39. The van der Waals surface area contributed by atoms with Crippen LogP contribution < -0.4 is 11.2 Å². The summed E-state index contributed by atoms with van der Waals surface area (Å²) in [5, 5.41) is 13.8. The topological polar surface area (TPSA) is 141 Å². The highest BCUT2D eigenvalue weighted by atomic mass is 16.3. The minimum atomic E-state index is -0.362. The number of pyridine rings is 1. The van der Waals surface area contributed by atoms with Crippen molar-refractivity contribution in [2.45, 2.75) is 26.2 Å². The molecular weight excluding hydrogens is 348 g/mol.